The second kappa shape index (κ2) is 9.14. The first kappa shape index (κ1) is 18.9. The predicted molar refractivity (Wildman–Crippen MR) is 102 cm³/mol. The minimum absolute atomic E-state index is 0.0389. The van der Waals surface area contributed by atoms with E-state index in [1.54, 1.807) is 0 Å². The van der Waals surface area contributed by atoms with Crippen molar-refractivity contribution in [2.24, 2.45) is 5.92 Å². The Hall–Kier alpha value is -1.92. The van der Waals surface area contributed by atoms with Crippen LogP contribution in [0.15, 0.2) is 29.6 Å². The SMILES string of the molecule is O=C(CNC(=O)C1CCCCC1)OCc1csc(-c2ccc(Cl)cc2)n1. The number of ether oxygens (including phenoxy) is 1. The summed E-state index contributed by atoms with van der Waals surface area (Å²) in [6.07, 6.45) is 5.18. The molecule has 3 rings (SSSR count). The summed E-state index contributed by atoms with van der Waals surface area (Å²) in [5.74, 6) is -0.451. The molecule has 1 fully saturated rings. The average Bonchev–Trinajstić information content (AvgIpc) is 3.14. The van der Waals surface area contributed by atoms with Gasteiger partial charge < -0.3 is 10.1 Å². The minimum Gasteiger partial charge on any atom is -0.458 e. The number of thiazole rings is 1. The second-order valence-electron chi connectivity index (χ2n) is 6.36. The third-order valence-corrected chi connectivity index (χ3v) is 5.60. The molecule has 0 unspecified atom stereocenters. The summed E-state index contributed by atoms with van der Waals surface area (Å²) in [6, 6.07) is 7.43. The van der Waals surface area contributed by atoms with E-state index < -0.39 is 5.97 Å². The lowest BCUT2D eigenvalue weighted by atomic mass is 9.89. The molecule has 1 amide bonds. The van der Waals surface area contributed by atoms with Crippen LogP contribution in [0.2, 0.25) is 5.02 Å². The molecule has 0 radical (unpaired) electrons. The molecule has 0 spiro atoms. The van der Waals surface area contributed by atoms with Crippen LogP contribution >= 0.6 is 22.9 Å². The average molecular weight is 393 g/mol. The van der Waals surface area contributed by atoms with Crippen molar-refractivity contribution in [2.75, 3.05) is 6.54 Å². The number of amides is 1. The Morgan fingerprint density at radius 2 is 1.92 bits per heavy atom. The monoisotopic (exact) mass is 392 g/mol. The van der Waals surface area contributed by atoms with Crippen molar-refractivity contribution in [3.05, 3.63) is 40.4 Å². The van der Waals surface area contributed by atoms with Gasteiger partial charge in [0.1, 0.15) is 18.2 Å². The van der Waals surface area contributed by atoms with E-state index in [4.69, 9.17) is 16.3 Å². The molecule has 26 heavy (non-hydrogen) atoms. The van der Waals surface area contributed by atoms with Crippen molar-refractivity contribution in [3.63, 3.8) is 0 Å². The van der Waals surface area contributed by atoms with E-state index in [2.05, 4.69) is 10.3 Å². The van der Waals surface area contributed by atoms with Crippen molar-refractivity contribution in [1.29, 1.82) is 0 Å². The smallest absolute Gasteiger partial charge is 0.325 e. The first-order valence-corrected chi connectivity index (χ1v) is 10.0. The minimum atomic E-state index is -0.449. The topological polar surface area (TPSA) is 68.3 Å². The summed E-state index contributed by atoms with van der Waals surface area (Å²) < 4.78 is 5.20. The molecule has 1 aliphatic rings. The molecule has 1 aliphatic carbocycles. The van der Waals surface area contributed by atoms with Crippen molar-refractivity contribution in [1.82, 2.24) is 10.3 Å². The Morgan fingerprint density at radius 3 is 2.65 bits per heavy atom. The van der Waals surface area contributed by atoms with Crippen LogP contribution in [0, 0.1) is 5.92 Å². The molecule has 1 aromatic heterocycles. The van der Waals surface area contributed by atoms with Gasteiger partial charge in [0.2, 0.25) is 5.91 Å². The van der Waals surface area contributed by atoms with Gasteiger partial charge in [0.05, 0.1) is 5.69 Å². The molecule has 5 nitrogen and oxygen atoms in total. The van der Waals surface area contributed by atoms with E-state index in [0.29, 0.717) is 10.7 Å². The van der Waals surface area contributed by atoms with Crippen LogP contribution < -0.4 is 5.32 Å². The lowest BCUT2D eigenvalue weighted by Gasteiger charge is -2.20. The molecular weight excluding hydrogens is 372 g/mol. The Balaban J connectivity index is 1.43. The zero-order valence-electron chi connectivity index (χ0n) is 14.4. The quantitative estimate of drug-likeness (QED) is 0.748. The van der Waals surface area contributed by atoms with Crippen molar-refractivity contribution >= 4 is 34.8 Å². The summed E-state index contributed by atoms with van der Waals surface area (Å²) in [6.45, 7) is 0.00569. The van der Waals surface area contributed by atoms with Crippen LogP contribution in [0.4, 0.5) is 0 Å². The van der Waals surface area contributed by atoms with Crippen LogP contribution in [-0.2, 0) is 20.9 Å². The zero-order valence-corrected chi connectivity index (χ0v) is 15.9. The summed E-state index contributed by atoms with van der Waals surface area (Å²) in [5, 5.41) is 6.06. The number of hydrogen-bond acceptors (Lipinski definition) is 5. The summed E-state index contributed by atoms with van der Waals surface area (Å²) in [5.41, 5.74) is 1.66. The zero-order chi connectivity index (χ0) is 18.4. The first-order chi connectivity index (χ1) is 12.6. The fourth-order valence-corrected chi connectivity index (χ4v) is 3.91. The fraction of sp³-hybridized carbons (Fsp3) is 0.421. The van der Waals surface area contributed by atoms with Crippen LogP contribution in [0.25, 0.3) is 10.6 Å². The van der Waals surface area contributed by atoms with Crippen LogP contribution in [0.1, 0.15) is 37.8 Å². The van der Waals surface area contributed by atoms with Gasteiger partial charge >= 0.3 is 5.97 Å². The van der Waals surface area contributed by atoms with E-state index in [0.717, 1.165) is 36.3 Å². The maximum atomic E-state index is 12.0. The highest BCUT2D eigenvalue weighted by Crippen LogP contribution is 2.25. The van der Waals surface area contributed by atoms with Gasteiger partial charge in [-0.05, 0) is 25.0 Å². The summed E-state index contributed by atoms with van der Waals surface area (Å²) >= 11 is 7.37. The number of nitrogens with zero attached hydrogens (tertiary/aromatic N) is 1. The number of aromatic nitrogens is 1. The van der Waals surface area contributed by atoms with Crippen LogP contribution in [0.5, 0.6) is 0 Å². The van der Waals surface area contributed by atoms with Crippen LogP contribution in [-0.4, -0.2) is 23.4 Å². The van der Waals surface area contributed by atoms with Gasteiger partial charge in [-0.3, -0.25) is 9.59 Å². The molecule has 0 saturated heterocycles. The van der Waals surface area contributed by atoms with Gasteiger partial charge in [0, 0.05) is 21.9 Å². The highest BCUT2D eigenvalue weighted by molar-refractivity contribution is 7.13. The molecule has 2 aromatic rings. The predicted octanol–water partition coefficient (Wildman–Crippen LogP) is 4.20. The first-order valence-electron chi connectivity index (χ1n) is 8.75. The van der Waals surface area contributed by atoms with Crippen molar-refractivity contribution in [2.45, 2.75) is 38.7 Å². The van der Waals surface area contributed by atoms with Gasteiger partial charge in [0.25, 0.3) is 0 Å². The molecule has 0 aliphatic heterocycles. The van der Waals surface area contributed by atoms with E-state index in [1.165, 1.54) is 17.8 Å². The van der Waals surface area contributed by atoms with E-state index in [1.807, 2.05) is 29.6 Å². The molecule has 0 bridgehead atoms. The maximum Gasteiger partial charge on any atom is 0.325 e. The van der Waals surface area contributed by atoms with Crippen molar-refractivity contribution in [3.8, 4) is 10.6 Å². The Morgan fingerprint density at radius 1 is 1.19 bits per heavy atom. The molecule has 7 heteroatoms. The lowest BCUT2D eigenvalue weighted by molar-refractivity contribution is -0.145. The van der Waals surface area contributed by atoms with Gasteiger partial charge in [-0.2, -0.15) is 0 Å². The third-order valence-electron chi connectivity index (χ3n) is 4.41. The molecular formula is C19H21ClN2O3S. The number of hydrogen-bond donors (Lipinski definition) is 1. The fourth-order valence-electron chi connectivity index (χ4n) is 2.97. The number of rotatable bonds is 6. The highest BCUT2D eigenvalue weighted by Gasteiger charge is 2.21. The standard InChI is InChI=1S/C19H21ClN2O3S/c20-15-8-6-14(7-9-15)19-22-16(12-26-19)11-25-17(23)10-21-18(24)13-4-2-1-3-5-13/h6-9,12-13H,1-5,10-11H2,(H,21,24). The molecule has 138 valence electrons. The molecule has 1 N–H and O–H groups in total. The summed E-state index contributed by atoms with van der Waals surface area (Å²) in [4.78, 5) is 28.3. The Labute approximate surface area is 161 Å². The number of esters is 1. The van der Waals surface area contributed by atoms with Gasteiger partial charge in [-0.25, -0.2) is 4.98 Å². The number of halogens is 1. The molecule has 1 heterocycles. The maximum absolute atomic E-state index is 12.0. The number of carbonyl (C=O) groups excluding carboxylic acids is 2. The Bertz CT molecular complexity index is 754. The second-order valence-corrected chi connectivity index (χ2v) is 7.66. The Kier molecular flexibility index (Phi) is 6.63. The van der Waals surface area contributed by atoms with Crippen molar-refractivity contribution < 1.29 is 14.3 Å². The van der Waals surface area contributed by atoms with E-state index in [9.17, 15) is 9.59 Å². The van der Waals surface area contributed by atoms with Gasteiger partial charge in [-0.1, -0.05) is 43.0 Å². The normalized spacial score (nSPS) is 14.8. The lowest BCUT2D eigenvalue weighted by Crippen LogP contribution is -2.36. The molecule has 0 atom stereocenters. The number of benzene rings is 1. The number of carbonyl (C=O) groups is 2. The molecule has 1 saturated carbocycles. The summed E-state index contributed by atoms with van der Waals surface area (Å²) in [7, 11) is 0. The third kappa shape index (κ3) is 5.29. The van der Waals surface area contributed by atoms with E-state index >= 15 is 0 Å². The van der Waals surface area contributed by atoms with Gasteiger partial charge in [-0.15, -0.1) is 11.3 Å². The highest BCUT2D eigenvalue weighted by atomic mass is 35.5. The van der Waals surface area contributed by atoms with Gasteiger partial charge in [0.15, 0.2) is 0 Å². The number of nitrogens with one attached hydrogen (secondary N) is 1. The molecule has 1 aromatic carbocycles. The van der Waals surface area contributed by atoms with Crippen LogP contribution in [0.3, 0.4) is 0 Å². The largest absolute Gasteiger partial charge is 0.458 e. The van der Waals surface area contributed by atoms with E-state index in [-0.39, 0.29) is 25.0 Å².